The van der Waals surface area contributed by atoms with Gasteiger partial charge in [-0.2, -0.15) is 0 Å². The van der Waals surface area contributed by atoms with E-state index in [1.54, 1.807) is 12.1 Å². The average Bonchev–Trinajstić information content (AvgIpc) is 2.61. The van der Waals surface area contributed by atoms with Crippen LogP contribution in [0.5, 0.6) is 0 Å². The van der Waals surface area contributed by atoms with E-state index in [0.717, 1.165) is 39.1 Å². The molecule has 7 nitrogen and oxygen atoms in total. The number of rotatable bonds is 9. The van der Waals surface area contributed by atoms with Gasteiger partial charge in [-0.15, -0.1) is 0 Å². The Morgan fingerprint density at radius 1 is 1.30 bits per heavy atom. The molecule has 1 N–H and O–H groups in total. The first-order valence-electron chi connectivity index (χ1n) is 8.77. The molecular weight excluding hydrogens is 413 g/mol. The molecule has 1 heterocycles. The molecule has 0 bridgehead atoms. The lowest BCUT2D eigenvalue weighted by atomic mass is 10.2. The Hall–Kier alpha value is -1.06. The fourth-order valence-corrected chi connectivity index (χ4v) is 4.20. The number of carbonyl (C=O) groups excluding carboxylic acids is 1. The molecule has 0 spiro atoms. The molecule has 152 valence electrons. The molecule has 1 saturated heterocycles. The molecule has 2 rings (SSSR count). The zero-order valence-corrected chi connectivity index (χ0v) is 17.6. The lowest BCUT2D eigenvalue weighted by Crippen LogP contribution is -2.41. The number of morpholine rings is 1. The van der Waals surface area contributed by atoms with Gasteiger partial charge in [0.1, 0.15) is 0 Å². The van der Waals surface area contributed by atoms with Crippen molar-refractivity contribution in [2.24, 2.45) is 0 Å². The summed E-state index contributed by atoms with van der Waals surface area (Å²) in [6.45, 7) is 4.69. The van der Waals surface area contributed by atoms with Gasteiger partial charge in [0.2, 0.25) is 15.9 Å². The highest BCUT2D eigenvalue weighted by Crippen LogP contribution is 2.30. The third-order valence-corrected chi connectivity index (χ3v) is 5.93. The lowest BCUT2D eigenvalue weighted by Gasteiger charge is -2.26. The van der Waals surface area contributed by atoms with E-state index < -0.39 is 10.0 Å². The van der Waals surface area contributed by atoms with E-state index in [-0.39, 0.29) is 18.9 Å². The third kappa shape index (κ3) is 7.46. The summed E-state index contributed by atoms with van der Waals surface area (Å²) in [5.41, 5.74) is 0.319. The molecule has 1 aromatic rings. The molecule has 1 aromatic carbocycles. The number of nitrogens with one attached hydrogen (secondary N) is 1. The summed E-state index contributed by atoms with van der Waals surface area (Å²) in [4.78, 5) is 14.2. The Labute approximate surface area is 170 Å². The highest BCUT2D eigenvalue weighted by molar-refractivity contribution is 7.92. The van der Waals surface area contributed by atoms with Crippen LogP contribution in [-0.2, 0) is 19.6 Å². The van der Waals surface area contributed by atoms with Crippen molar-refractivity contribution in [3.63, 3.8) is 0 Å². The van der Waals surface area contributed by atoms with Gasteiger partial charge in [0.05, 0.1) is 30.2 Å². The van der Waals surface area contributed by atoms with Crippen molar-refractivity contribution in [3.8, 4) is 0 Å². The average molecular weight is 438 g/mol. The number of anilines is 1. The van der Waals surface area contributed by atoms with Crippen molar-refractivity contribution in [1.82, 2.24) is 10.2 Å². The maximum Gasteiger partial charge on any atom is 0.232 e. The van der Waals surface area contributed by atoms with Crippen LogP contribution in [0.15, 0.2) is 18.2 Å². The normalized spacial score (nSPS) is 15.5. The van der Waals surface area contributed by atoms with E-state index in [4.69, 9.17) is 27.9 Å². The monoisotopic (exact) mass is 437 g/mol. The summed E-state index contributed by atoms with van der Waals surface area (Å²) >= 11 is 12.1. The quantitative estimate of drug-likeness (QED) is 0.638. The van der Waals surface area contributed by atoms with Crippen molar-refractivity contribution in [3.05, 3.63) is 28.2 Å². The number of carbonyl (C=O) groups is 1. The highest BCUT2D eigenvalue weighted by atomic mass is 35.5. The summed E-state index contributed by atoms with van der Waals surface area (Å²) in [6.07, 6.45) is 1.71. The predicted octanol–water partition coefficient (Wildman–Crippen LogP) is 1.99. The second-order valence-corrected chi connectivity index (χ2v) is 9.09. The van der Waals surface area contributed by atoms with Crippen LogP contribution < -0.4 is 9.62 Å². The van der Waals surface area contributed by atoms with Crippen LogP contribution in [0.2, 0.25) is 10.0 Å². The van der Waals surface area contributed by atoms with Crippen LogP contribution in [0.3, 0.4) is 0 Å². The van der Waals surface area contributed by atoms with E-state index in [9.17, 15) is 13.2 Å². The summed E-state index contributed by atoms with van der Waals surface area (Å²) < 4.78 is 30.7. The van der Waals surface area contributed by atoms with Crippen molar-refractivity contribution in [2.75, 3.05) is 56.5 Å². The number of halogens is 2. The van der Waals surface area contributed by atoms with Gasteiger partial charge >= 0.3 is 0 Å². The number of hydrogen-bond acceptors (Lipinski definition) is 5. The van der Waals surface area contributed by atoms with Crippen LogP contribution >= 0.6 is 23.2 Å². The van der Waals surface area contributed by atoms with Gasteiger partial charge in [0, 0.05) is 44.2 Å². The summed E-state index contributed by atoms with van der Waals surface area (Å²) in [7, 11) is -3.55. The number of hydrogen-bond donors (Lipinski definition) is 1. The SMILES string of the molecule is CS(=O)(=O)N(CCCC(=O)NCCN1CCOCC1)c1cc(Cl)ccc1Cl. The third-order valence-electron chi connectivity index (χ3n) is 4.20. The summed E-state index contributed by atoms with van der Waals surface area (Å²) in [5.74, 6) is -0.103. The molecule has 0 saturated carbocycles. The first kappa shape index (κ1) is 22.2. The lowest BCUT2D eigenvalue weighted by molar-refractivity contribution is -0.121. The van der Waals surface area contributed by atoms with Crippen molar-refractivity contribution in [2.45, 2.75) is 12.8 Å². The van der Waals surface area contributed by atoms with Crippen LogP contribution in [0.25, 0.3) is 0 Å². The van der Waals surface area contributed by atoms with Gasteiger partial charge in [0.25, 0.3) is 0 Å². The van der Waals surface area contributed by atoms with Gasteiger partial charge < -0.3 is 10.1 Å². The van der Waals surface area contributed by atoms with E-state index in [0.29, 0.717) is 28.7 Å². The van der Waals surface area contributed by atoms with Crippen LogP contribution in [0, 0.1) is 0 Å². The van der Waals surface area contributed by atoms with E-state index >= 15 is 0 Å². The Morgan fingerprint density at radius 2 is 2.00 bits per heavy atom. The molecule has 0 radical (unpaired) electrons. The van der Waals surface area contributed by atoms with Crippen molar-refractivity contribution >= 4 is 44.8 Å². The minimum Gasteiger partial charge on any atom is -0.379 e. The molecule has 0 unspecified atom stereocenters. The van der Waals surface area contributed by atoms with Crippen molar-refractivity contribution in [1.29, 1.82) is 0 Å². The first-order valence-corrected chi connectivity index (χ1v) is 11.4. The van der Waals surface area contributed by atoms with Crippen LogP contribution in [0.4, 0.5) is 5.69 Å². The number of amides is 1. The van der Waals surface area contributed by atoms with Gasteiger partial charge in [0.15, 0.2) is 0 Å². The minimum absolute atomic E-state index is 0.103. The molecule has 10 heteroatoms. The Bertz CT molecular complexity index is 740. The summed E-state index contributed by atoms with van der Waals surface area (Å²) in [5, 5.41) is 3.55. The zero-order chi connectivity index (χ0) is 19.9. The molecule has 0 atom stereocenters. The Kier molecular flexibility index (Phi) is 8.62. The fraction of sp³-hybridized carbons (Fsp3) is 0.588. The highest BCUT2D eigenvalue weighted by Gasteiger charge is 2.20. The number of nitrogens with zero attached hydrogens (tertiary/aromatic N) is 2. The molecule has 0 aliphatic carbocycles. The Balaban J connectivity index is 1.81. The smallest absolute Gasteiger partial charge is 0.232 e. The predicted molar refractivity (Wildman–Crippen MR) is 108 cm³/mol. The van der Waals surface area contributed by atoms with E-state index in [1.807, 2.05) is 0 Å². The maximum absolute atomic E-state index is 12.1. The topological polar surface area (TPSA) is 79.0 Å². The molecule has 1 amide bonds. The molecule has 0 aromatic heterocycles. The van der Waals surface area contributed by atoms with Gasteiger partial charge in [-0.3, -0.25) is 14.0 Å². The molecular formula is C17H25Cl2N3O4S. The van der Waals surface area contributed by atoms with E-state index in [2.05, 4.69) is 10.2 Å². The number of benzene rings is 1. The molecule has 27 heavy (non-hydrogen) atoms. The van der Waals surface area contributed by atoms with Crippen LogP contribution in [0.1, 0.15) is 12.8 Å². The first-order chi connectivity index (χ1) is 12.8. The Morgan fingerprint density at radius 3 is 2.67 bits per heavy atom. The second-order valence-electron chi connectivity index (χ2n) is 6.34. The minimum atomic E-state index is -3.55. The second kappa shape index (κ2) is 10.5. The largest absolute Gasteiger partial charge is 0.379 e. The molecule has 1 aliphatic heterocycles. The van der Waals surface area contributed by atoms with Crippen LogP contribution in [-0.4, -0.2) is 71.4 Å². The number of sulfonamides is 1. The van der Waals surface area contributed by atoms with Gasteiger partial charge in [-0.1, -0.05) is 23.2 Å². The zero-order valence-electron chi connectivity index (χ0n) is 15.3. The maximum atomic E-state index is 12.1. The van der Waals surface area contributed by atoms with E-state index in [1.165, 1.54) is 10.4 Å². The van der Waals surface area contributed by atoms with Crippen molar-refractivity contribution < 1.29 is 17.9 Å². The van der Waals surface area contributed by atoms with Gasteiger partial charge in [-0.05, 0) is 24.6 Å². The molecule has 1 aliphatic rings. The standard InChI is InChI=1S/C17H25Cl2N3O4S/c1-27(24,25)22(16-13-14(18)4-5-15(16)19)7-2-3-17(23)20-6-8-21-9-11-26-12-10-21/h4-5,13H,2-3,6-12H2,1H3,(H,20,23). The summed E-state index contributed by atoms with van der Waals surface area (Å²) in [6, 6.07) is 4.65. The van der Waals surface area contributed by atoms with Gasteiger partial charge in [-0.25, -0.2) is 8.42 Å². The molecule has 1 fully saturated rings. The fourth-order valence-electron chi connectivity index (χ4n) is 2.79. The number of ether oxygens (including phenoxy) is 1.